The van der Waals surface area contributed by atoms with Crippen LogP contribution in [0, 0.1) is 5.92 Å². The first-order valence-electron chi connectivity index (χ1n) is 6.77. The number of aliphatic hydroxyl groups excluding tert-OH is 1. The molecule has 0 radical (unpaired) electrons. The number of fused-ring (bicyclic) bond motifs is 1. The summed E-state index contributed by atoms with van der Waals surface area (Å²) in [6.07, 6.45) is 5.18. The lowest BCUT2D eigenvalue weighted by Crippen LogP contribution is -2.49. The Balaban J connectivity index is 1.84. The average molecular weight is 241 g/mol. The fourth-order valence-electron chi connectivity index (χ4n) is 3.08. The third-order valence-electron chi connectivity index (χ3n) is 4.01. The van der Waals surface area contributed by atoms with Gasteiger partial charge in [0.25, 0.3) is 0 Å². The number of hydrogen-bond acceptors (Lipinski definition) is 4. The van der Waals surface area contributed by atoms with Gasteiger partial charge in [-0.2, -0.15) is 0 Å². The summed E-state index contributed by atoms with van der Waals surface area (Å²) in [5.74, 6) is -0.0234. The Bertz CT molecular complexity index is 265. The lowest BCUT2D eigenvalue weighted by molar-refractivity contribution is -0.155. The highest BCUT2D eigenvalue weighted by atomic mass is 16.5. The number of ether oxygens (including phenoxy) is 1. The SMILES string of the molecule is C[C@H](O)C(=O)OC[C@H]1CCCN2CCCC[C@H]12. The predicted octanol–water partition coefficient (Wildman–Crippen LogP) is 1.17. The zero-order chi connectivity index (χ0) is 12.3. The van der Waals surface area contributed by atoms with Crippen molar-refractivity contribution in [2.24, 2.45) is 5.92 Å². The summed E-state index contributed by atoms with van der Waals surface area (Å²) in [5, 5.41) is 9.10. The Morgan fingerprint density at radius 1 is 1.35 bits per heavy atom. The number of rotatable bonds is 3. The number of carbonyl (C=O) groups is 1. The number of esters is 1. The molecular weight excluding hydrogens is 218 g/mol. The van der Waals surface area contributed by atoms with E-state index in [9.17, 15) is 4.79 Å². The van der Waals surface area contributed by atoms with Crippen LogP contribution in [0.5, 0.6) is 0 Å². The molecule has 2 heterocycles. The molecule has 2 saturated heterocycles. The van der Waals surface area contributed by atoms with E-state index in [0.29, 0.717) is 18.6 Å². The molecule has 0 aromatic carbocycles. The highest BCUT2D eigenvalue weighted by Crippen LogP contribution is 2.30. The highest BCUT2D eigenvalue weighted by Gasteiger charge is 2.33. The van der Waals surface area contributed by atoms with Gasteiger partial charge in [-0.15, -0.1) is 0 Å². The summed E-state index contributed by atoms with van der Waals surface area (Å²) < 4.78 is 5.18. The molecule has 2 fully saturated rings. The molecule has 17 heavy (non-hydrogen) atoms. The Kier molecular flexibility index (Phi) is 4.40. The molecule has 2 aliphatic heterocycles. The maximum Gasteiger partial charge on any atom is 0.334 e. The lowest BCUT2D eigenvalue weighted by Gasteiger charge is -2.44. The van der Waals surface area contributed by atoms with Crippen LogP contribution in [0.1, 0.15) is 39.0 Å². The topological polar surface area (TPSA) is 49.8 Å². The van der Waals surface area contributed by atoms with Gasteiger partial charge in [0, 0.05) is 12.0 Å². The van der Waals surface area contributed by atoms with Crippen molar-refractivity contribution in [2.45, 2.75) is 51.2 Å². The number of hydrogen-bond donors (Lipinski definition) is 1. The van der Waals surface area contributed by atoms with E-state index in [1.165, 1.54) is 45.7 Å². The van der Waals surface area contributed by atoms with Crippen LogP contribution < -0.4 is 0 Å². The minimum atomic E-state index is -0.999. The molecule has 2 aliphatic rings. The first kappa shape index (κ1) is 12.8. The minimum Gasteiger partial charge on any atom is -0.463 e. The van der Waals surface area contributed by atoms with Crippen molar-refractivity contribution >= 4 is 5.97 Å². The monoisotopic (exact) mass is 241 g/mol. The molecule has 0 aliphatic carbocycles. The molecule has 0 bridgehead atoms. The largest absolute Gasteiger partial charge is 0.463 e. The van der Waals surface area contributed by atoms with E-state index in [4.69, 9.17) is 9.84 Å². The zero-order valence-corrected chi connectivity index (χ0v) is 10.6. The average Bonchev–Trinajstić information content (AvgIpc) is 2.35. The summed E-state index contributed by atoms with van der Waals surface area (Å²) in [7, 11) is 0. The smallest absolute Gasteiger partial charge is 0.334 e. The second kappa shape index (κ2) is 5.83. The van der Waals surface area contributed by atoms with E-state index in [2.05, 4.69) is 4.90 Å². The molecule has 0 aromatic heterocycles. The Morgan fingerprint density at radius 3 is 2.88 bits per heavy atom. The van der Waals surface area contributed by atoms with Crippen LogP contribution in [-0.2, 0) is 9.53 Å². The van der Waals surface area contributed by atoms with Crippen LogP contribution in [0.3, 0.4) is 0 Å². The van der Waals surface area contributed by atoms with Crippen LogP contribution >= 0.6 is 0 Å². The van der Waals surface area contributed by atoms with Gasteiger partial charge in [0.15, 0.2) is 0 Å². The Morgan fingerprint density at radius 2 is 2.12 bits per heavy atom. The molecule has 0 spiro atoms. The number of aliphatic hydroxyl groups is 1. The number of carbonyl (C=O) groups excluding carboxylic acids is 1. The van der Waals surface area contributed by atoms with Crippen molar-refractivity contribution in [1.29, 1.82) is 0 Å². The van der Waals surface area contributed by atoms with Crippen LogP contribution in [0.4, 0.5) is 0 Å². The fraction of sp³-hybridized carbons (Fsp3) is 0.923. The maximum atomic E-state index is 11.3. The van der Waals surface area contributed by atoms with E-state index >= 15 is 0 Å². The van der Waals surface area contributed by atoms with E-state index in [1.54, 1.807) is 0 Å². The van der Waals surface area contributed by atoms with Gasteiger partial charge >= 0.3 is 5.97 Å². The van der Waals surface area contributed by atoms with E-state index in [1.807, 2.05) is 0 Å². The predicted molar refractivity (Wildman–Crippen MR) is 64.6 cm³/mol. The summed E-state index contributed by atoms with van der Waals surface area (Å²) in [6, 6.07) is 0.597. The van der Waals surface area contributed by atoms with Crippen LogP contribution in [0.2, 0.25) is 0 Å². The molecule has 0 aromatic rings. The van der Waals surface area contributed by atoms with Crippen molar-refractivity contribution < 1.29 is 14.6 Å². The third kappa shape index (κ3) is 3.19. The Hall–Kier alpha value is -0.610. The zero-order valence-electron chi connectivity index (χ0n) is 10.6. The van der Waals surface area contributed by atoms with Gasteiger partial charge in [-0.3, -0.25) is 4.90 Å². The minimum absolute atomic E-state index is 0.465. The molecular formula is C13H23NO3. The molecule has 0 saturated carbocycles. The summed E-state index contributed by atoms with van der Waals surface area (Å²) in [4.78, 5) is 13.8. The van der Waals surface area contributed by atoms with Crippen molar-refractivity contribution in [2.75, 3.05) is 19.7 Å². The second-order valence-electron chi connectivity index (χ2n) is 5.31. The van der Waals surface area contributed by atoms with Crippen molar-refractivity contribution in [3.63, 3.8) is 0 Å². The van der Waals surface area contributed by atoms with Gasteiger partial charge in [-0.25, -0.2) is 4.79 Å². The van der Waals surface area contributed by atoms with Gasteiger partial charge < -0.3 is 9.84 Å². The second-order valence-corrected chi connectivity index (χ2v) is 5.31. The van der Waals surface area contributed by atoms with Crippen molar-refractivity contribution in [1.82, 2.24) is 4.90 Å². The molecule has 0 unspecified atom stereocenters. The van der Waals surface area contributed by atoms with Crippen LogP contribution in [0.25, 0.3) is 0 Å². The lowest BCUT2D eigenvalue weighted by atomic mass is 9.84. The molecule has 4 nitrogen and oxygen atoms in total. The van der Waals surface area contributed by atoms with Gasteiger partial charge in [0.05, 0.1) is 6.61 Å². The summed E-state index contributed by atoms with van der Waals surface area (Å²) in [6.45, 7) is 4.33. The summed E-state index contributed by atoms with van der Waals surface area (Å²) in [5.41, 5.74) is 0. The van der Waals surface area contributed by atoms with Crippen LogP contribution in [-0.4, -0.2) is 47.8 Å². The van der Waals surface area contributed by atoms with E-state index < -0.39 is 12.1 Å². The molecule has 1 N–H and O–H groups in total. The van der Waals surface area contributed by atoms with Gasteiger partial charge in [-0.1, -0.05) is 6.42 Å². The third-order valence-corrected chi connectivity index (χ3v) is 4.01. The molecule has 0 amide bonds. The van der Waals surface area contributed by atoms with Crippen molar-refractivity contribution in [3.8, 4) is 0 Å². The maximum absolute atomic E-state index is 11.3. The van der Waals surface area contributed by atoms with Gasteiger partial charge in [0.2, 0.25) is 0 Å². The van der Waals surface area contributed by atoms with Crippen molar-refractivity contribution in [3.05, 3.63) is 0 Å². The van der Waals surface area contributed by atoms with Gasteiger partial charge in [0.1, 0.15) is 6.10 Å². The van der Waals surface area contributed by atoms with Gasteiger partial charge in [-0.05, 0) is 45.7 Å². The van der Waals surface area contributed by atoms with Crippen LogP contribution in [0.15, 0.2) is 0 Å². The standard InChI is InChI=1S/C13H23NO3/c1-10(15)13(16)17-9-11-5-4-8-14-7-3-2-6-12(11)14/h10-12,15H,2-9H2,1H3/t10-,11+,12+/m0/s1. The van der Waals surface area contributed by atoms with E-state index in [0.717, 1.165) is 6.42 Å². The molecule has 2 rings (SSSR count). The quantitative estimate of drug-likeness (QED) is 0.754. The number of piperidine rings is 2. The molecule has 3 atom stereocenters. The normalized spacial score (nSPS) is 31.6. The fourth-order valence-corrected chi connectivity index (χ4v) is 3.08. The molecule has 4 heteroatoms. The number of nitrogens with zero attached hydrogens (tertiary/aromatic N) is 1. The summed E-state index contributed by atoms with van der Waals surface area (Å²) >= 11 is 0. The highest BCUT2D eigenvalue weighted by molar-refractivity contribution is 5.73. The Labute approximate surface area is 103 Å². The molecule has 98 valence electrons. The first-order valence-corrected chi connectivity index (χ1v) is 6.77. The first-order chi connectivity index (χ1) is 8.18. The van der Waals surface area contributed by atoms with E-state index in [-0.39, 0.29) is 0 Å².